The molecule has 11 heterocycles. The Morgan fingerprint density at radius 3 is 1.75 bits per heavy atom. The number of unbranched alkanes of at least 4 members (excludes halogenated alkanes) is 6. The van der Waals surface area contributed by atoms with Gasteiger partial charge in [-0.25, -0.2) is 19.9 Å². The van der Waals surface area contributed by atoms with E-state index in [1.165, 1.54) is 61.6 Å². The Labute approximate surface area is 542 Å². The van der Waals surface area contributed by atoms with Crippen LogP contribution < -0.4 is 28.9 Å². The molecule has 0 saturated carbocycles. The molecule has 0 aliphatic carbocycles. The average Bonchev–Trinajstić information content (AvgIpc) is 1.82. The van der Waals surface area contributed by atoms with Crippen LogP contribution in [0.3, 0.4) is 0 Å². The smallest absolute Gasteiger partial charge is 0.654 e. The number of carbonyl (C=O) groups is 2. The fraction of sp³-hybridized carbons (Fsp3) is 0.206. The molecular weight excluding hydrogens is 1280 g/mol. The van der Waals surface area contributed by atoms with Crippen molar-refractivity contribution >= 4 is 80.1 Å². The van der Waals surface area contributed by atoms with Crippen molar-refractivity contribution in [1.29, 1.82) is 10.5 Å². The Morgan fingerprint density at radius 2 is 1.13 bits per heavy atom. The van der Waals surface area contributed by atoms with E-state index in [1.807, 2.05) is 54.6 Å². The number of hydrogen-bond donors (Lipinski definition) is 0. The molecule has 1 aliphatic rings. The Morgan fingerprint density at radius 1 is 0.551 bits per heavy atom. The summed E-state index contributed by atoms with van der Waals surface area (Å²) in [5.74, 6) is 3.78. The number of pyridine rings is 3. The van der Waals surface area contributed by atoms with Crippen LogP contribution in [0.2, 0.25) is 0 Å². The minimum absolute atomic E-state index is 0. The Bertz CT molecular complexity index is 4460. The maximum Gasteiger partial charge on any atom is 2.00 e. The molecule has 0 radical (unpaired) electrons. The summed E-state index contributed by atoms with van der Waals surface area (Å²) in [5, 5.41) is 22.6. The molecule has 1 aliphatic heterocycles. The van der Waals surface area contributed by atoms with Gasteiger partial charge in [0.05, 0.1) is 60.7 Å². The normalized spacial score (nSPS) is 11.6. The van der Waals surface area contributed by atoms with Crippen LogP contribution in [0, 0.1) is 22.7 Å². The number of aromatic nitrogens is 8. The van der Waals surface area contributed by atoms with E-state index in [2.05, 4.69) is 65.6 Å². The molecule has 21 heteroatoms. The van der Waals surface area contributed by atoms with Crippen molar-refractivity contribution in [2.75, 3.05) is 13.2 Å². The number of carbonyl (C=O) groups excluding carboxylic acids is 2. The van der Waals surface area contributed by atoms with E-state index in [9.17, 15) is 20.1 Å². The van der Waals surface area contributed by atoms with Crippen molar-refractivity contribution in [2.24, 2.45) is 0 Å². The molecule has 0 unspecified atom stereocenters. The van der Waals surface area contributed by atoms with Crippen LogP contribution in [-0.2, 0) is 41.9 Å². The molecular formula is C68H54N10O6RuS4. The fourth-order valence-electron chi connectivity index (χ4n) is 10.3. The largest absolute Gasteiger partial charge is 2.00 e. The summed E-state index contributed by atoms with van der Waals surface area (Å²) in [6.07, 6.45) is 14.9. The zero-order chi connectivity index (χ0) is 60.3. The van der Waals surface area contributed by atoms with E-state index in [1.54, 1.807) is 87.9 Å². The van der Waals surface area contributed by atoms with Gasteiger partial charge in [-0.3, -0.25) is 19.6 Å². The van der Waals surface area contributed by atoms with Gasteiger partial charge in [0.15, 0.2) is 17.3 Å². The molecule has 0 spiro atoms. The standard InChI is InChI=1S/C37H35N7S.C31H19N3O6S3.Ru/c1-3-5-7-9-11-26-19-29(12-10-8-6-4-2)45-34(26)37-43-35(32-20-27-17-24(22-38)13-15-30(27)40-32)42-36(44-37)33-21-28-18-25(23-39)14-16-31(28)41-33;35-16-39-19-6-8-33-22(13-19)24-15-20(40-17-36)14-23(34-24)21-12-18(5-7-32-21)25-3-4-27(42-25)31-29-28(37-9-10-38-29)30(43-31)26-2-1-11-41-26;/h13-21H,3-12H2,1-2H3;1-8,11-17H,9-10H2;/q-2;;+2. The number of rotatable bonds is 22. The van der Waals surface area contributed by atoms with Crippen molar-refractivity contribution in [3.8, 4) is 122 Å². The molecule has 444 valence electrons. The summed E-state index contributed by atoms with van der Waals surface area (Å²) in [7, 11) is 0. The van der Waals surface area contributed by atoms with Crippen LogP contribution >= 0.6 is 45.3 Å². The second-order valence-corrected chi connectivity index (χ2v) is 24.8. The van der Waals surface area contributed by atoms with Crippen molar-refractivity contribution in [3.05, 3.63) is 155 Å². The van der Waals surface area contributed by atoms with Crippen LogP contribution in [0.25, 0.3) is 108 Å². The molecule has 10 aromatic heterocycles. The molecule has 0 atom stereocenters. The molecule has 0 saturated heterocycles. The average molecular weight is 1340 g/mol. The SMILES string of the molecule is CCCCCCc1cc(CCCCCC)c(-c2nc(-c3cc4cc(C#N)ccc4[n-]3)nc(-c3cc4cc(C#N)ccc4[n-]3)n2)s1.O=COc1ccnc(-c2cc(OC=O)cc(-c3cc(-c4ccc(-c5sc(-c6cccs6)c6c5OCCO6)s4)ccn3)n2)c1.[Ru+2]. The molecule has 0 N–H and O–H groups in total. The summed E-state index contributed by atoms with van der Waals surface area (Å²) in [6, 6.07) is 40.1. The second-order valence-electron chi connectivity index (χ2n) is 20.6. The van der Waals surface area contributed by atoms with Crippen LogP contribution in [0.5, 0.6) is 23.0 Å². The molecule has 0 bridgehead atoms. The van der Waals surface area contributed by atoms with Gasteiger partial charge in [-0.2, -0.15) is 10.5 Å². The van der Waals surface area contributed by atoms with Crippen LogP contribution in [-0.4, -0.2) is 56.1 Å². The summed E-state index contributed by atoms with van der Waals surface area (Å²) in [5.41, 5.74) is 8.17. The van der Waals surface area contributed by atoms with Gasteiger partial charge in [0.25, 0.3) is 12.9 Å². The number of fused-ring (bicyclic) bond motifs is 3. The number of hydrogen-bond acceptors (Lipinski definition) is 18. The van der Waals surface area contributed by atoms with E-state index in [0.29, 0.717) is 94.7 Å². The van der Waals surface area contributed by atoms with Crippen molar-refractivity contribution in [2.45, 2.75) is 78.1 Å². The van der Waals surface area contributed by atoms with Crippen LogP contribution in [0.1, 0.15) is 86.8 Å². The van der Waals surface area contributed by atoms with Crippen LogP contribution in [0.15, 0.2) is 133 Å². The van der Waals surface area contributed by atoms with Gasteiger partial charge >= 0.3 is 19.5 Å². The summed E-state index contributed by atoms with van der Waals surface area (Å²) in [6.45, 7) is 6.21. The first-order valence-electron chi connectivity index (χ1n) is 28.8. The first-order chi connectivity index (χ1) is 43.3. The van der Waals surface area contributed by atoms with E-state index in [0.717, 1.165) is 87.4 Å². The molecule has 16 nitrogen and oxygen atoms in total. The summed E-state index contributed by atoms with van der Waals surface area (Å²) < 4.78 is 22.3. The van der Waals surface area contributed by atoms with Gasteiger partial charge in [-0.1, -0.05) is 94.1 Å². The molecule has 13 rings (SSSR count). The van der Waals surface area contributed by atoms with E-state index in [4.69, 9.17) is 48.9 Å². The third-order valence-electron chi connectivity index (χ3n) is 14.6. The van der Waals surface area contributed by atoms with Crippen molar-refractivity contribution in [3.63, 3.8) is 0 Å². The summed E-state index contributed by atoms with van der Waals surface area (Å²) in [4.78, 5) is 68.1. The maximum absolute atomic E-state index is 11.2. The van der Waals surface area contributed by atoms with Gasteiger partial charge in [0.2, 0.25) is 0 Å². The van der Waals surface area contributed by atoms with Gasteiger partial charge < -0.3 is 28.9 Å². The Kier molecular flexibility index (Phi) is 19.9. The first-order valence-corrected chi connectivity index (χ1v) is 32.2. The van der Waals surface area contributed by atoms with Gasteiger partial charge in [-0.15, -0.1) is 56.4 Å². The number of ether oxygens (including phenoxy) is 4. The number of thiophene rings is 4. The predicted molar refractivity (Wildman–Crippen MR) is 346 cm³/mol. The fourth-order valence-corrected chi connectivity index (χ4v) is 14.6. The molecule has 2 aromatic carbocycles. The van der Waals surface area contributed by atoms with Gasteiger partial charge in [-0.05, 0) is 120 Å². The number of nitriles is 2. The van der Waals surface area contributed by atoms with Crippen molar-refractivity contribution < 1.29 is 48.0 Å². The molecule has 0 amide bonds. The number of benzene rings is 2. The minimum atomic E-state index is 0. The van der Waals surface area contributed by atoms with Gasteiger partial charge in [0.1, 0.15) is 36.4 Å². The molecule has 0 fully saturated rings. The Hall–Kier alpha value is -9.08. The minimum Gasteiger partial charge on any atom is -0.654 e. The zero-order valence-electron chi connectivity index (χ0n) is 48.2. The van der Waals surface area contributed by atoms with E-state index < -0.39 is 0 Å². The van der Waals surface area contributed by atoms with Crippen LogP contribution in [0.4, 0.5) is 0 Å². The van der Waals surface area contributed by atoms with E-state index in [-0.39, 0.29) is 25.2 Å². The Balaban J connectivity index is 0.000000182. The third-order valence-corrected chi connectivity index (χ3v) is 19.3. The van der Waals surface area contributed by atoms with Gasteiger partial charge in [0, 0.05) is 50.1 Å². The molecule has 89 heavy (non-hydrogen) atoms. The topological polar surface area (TPSA) is 224 Å². The van der Waals surface area contributed by atoms with Crippen molar-refractivity contribution in [1.82, 2.24) is 39.9 Å². The monoisotopic (exact) mass is 1340 g/mol. The maximum atomic E-state index is 11.2. The van der Waals surface area contributed by atoms with E-state index >= 15 is 0 Å². The number of nitrogens with zero attached hydrogens (tertiary/aromatic N) is 10. The number of aryl methyl sites for hydroxylation is 2. The molecule has 12 aromatic rings. The predicted octanol–water partition coefficient (Wildman–Crippen LogP) is 16.4. The second kappa shape index (κ2) is 28.8. The first kappa shape index (κ1) is 61.6. The zero-order valence-corrected chi connectivity index (χ0v) is 53.3. The quantitative estimate of drug-likeness (QED) is 0.0349. The third kappa shape index (κ3) is 14.1. The summed E-state index contributed by atoms with van der Waals surface area (Å²) >= 11 is 6.80.